The molecule has 2 N–H and O–H groups in total. The summed E-state index contributed by atoms with van der Waals surface area (Å²) in [5.41, 5.74) is 3.11. The zero-order valence-electron chi connectivity index (χ0n) is 11.5. The average molecular weight is 267 g/mol. The van der Waals surface area contributed by atoms with E-state index in [0.717, 1.165) is 24.9 Å². The van der Waals surface area contributed by atoms with Gasteiger partial charge < -0.3 is 10.6 Å². The number of piperidine rings is 1. The first-order chi connectivity index (χ1) is 8.77. The fourth-order valence-electron chi connectivity index (χ4n) is 2.63. The monoisotopic (exact) mass is 267 g/mol. The number of hydrogen-bond acceptors (Lipinski definition) is 4. The van der Waals surface area contributed by atoms with Crippen LogP contribution < -0.4 is 10.6 Å². The molecule has 0 spiro atoms. The van der Waals surface area contributed by atoms with Crippen molar-refractivity contribution in [1.82, 2.24) is 15.6 Å². The van der Waals surface area contributed by atoms with Crippen molar-refractivity contribution in [2.24, 2.45) is 11.8 Å². The Morgan fingerprint density at radius 2 is 2.50 bits per heavy atom. The van der Waals surface area contributed by atoms with Gasteiger partial charge in [-0.05, 0) is 57.7 Å². The quantitative estimate of drug-likeness (QED) is 0.778. The summed E-state index contributed by atoms with van der Waals surface area (Å²) < 4.78 is 0. The Morgan fingerprint density at radius 1 is 1.61 bits per heavy atom. The standard InChI is InChI=1S/C14H25N3S/c1-11(13-4-3-6-15-8-13)5-7-16-9-14-12(2)17-10-18-14/h10-11,13,15-16H,3-9H2,1-2H3. The molecule has 0 aromatic carbocycles. The van der Waals surface area contributed by atoms with Crippen LogP contribution in [0.15, 0.2) is 5.51 Å². The van der Waals surface area contributed by atoms with Crippen LogP contribution in [0, 0.1) is 18.8 Å². The van der Waals surface area contributed by atoms with Crippen LogP contribution in [0.4, 0.5) is 0 Å². The van der Waals surface area contributed by atoms with Crippen LogP contribution in [0.25, 0.3) is 0 Å². The molecule has 2 rings (SSSR count). The minimum atomic E-state index is 0.827. The molecule has 0 saturated carbocycles. The van der Waals surface area contributed by atoms with Gasteiger partial charge >= 0.3 is 0 Å². The van der Waals surface area contributed by atoms with Gasteiger partial charge in [-0.15, -0.1) is 11.3 Å². The molecular formula is C14H25N3S. The maximum atomic E-state index is 4.27. The molecule has 3 nitrogen and oxygen atoms in total. The molecule has 102 valence electrons. The maximum Gasteiger partial charge on any atom is 0.0798 e. The van der Waals surface area contributed by atoms with Crippen LogP contribution >= 0.6 is 11.3 Å². The molecule has 0 amide bonds. The first-order valence-electron chi connectivity index (χ1n) is 7.07. The lowest BCUT2D eigenvalue weighted by Gasteiger charge is -2.28. The van der Waals surface area contributed by atoms with Crippen molar-refractivity contribution in [1.29, 1.82) is 0 Å². The van der Waals surface area contributed by atoms with E-state index >= 15 is 0 Å². The predicted molar refractivity (Wildman–Crippen MR) is 77.9 cm³/mol. The van der Waals surface area contributed by atoms with Crippen molar-refractivity contribution < 1.29 is 0 Å². The highest BCUT2D eigenvalue weighted by atomic mass is 32.1. The molecule has 4 heteroatoms. The number of aromatic nitrogens is 1. The minimum absolute atomic E-state index is 0.827. The van der Waals surface area contributed by atoms with E-state index in [9.17, 15) is 0 Å². The van der Waals surface area contributed by atoms with Crippen LogP contribution in [0.5, 0.6) is 0 Å². The summed E-state index contributed by atoms with van der Waals surface area (Å²) in [6, 6.07) is 0. The lowest BCUT2D eigenvalue weighted by molar-refractivity contribution is 0.266. The van der Waals surface area contributed by atoms with Gasteiger partial charge in [-0.2, -0.15) is 0 Å². The Hall–Kier alpha value is -0.450. The van der Waals surface area contributed by atoms with E-state index in [2.05, 4.69) is 29.5 Å². The van der Waals surface area contributed by atoms with E-state index in [4.69, 9.17) is 0 Å². The van der Waals surface area contributed by atoms with Gasteiger partial charge in [0, 0.05) is 11.4 Å². The smallest absolute Gasteiger partial charge is 0.0798 e. The molecule has 2 unspecified atom stereocenters. The third-order valence-corrected chi connectivity index (χ3v) is 4.98. The van der Waals surface area contributed by atoms with Crippen LogP contribution in [-0.4, -0.2) is 24.6 Å². The van der Waals surface area contributed by atoms with E-state index in [1.54, 1.807) is 11.3 Å². The molecule has 18 heavy (non-hydrogen) atoms. The van der Waals surface area contributed by atoms with E-state index in [1.807, 2.05) is 5.51 Å². The highest BCUT2D eigenvalue weighted by Gasteiger charge is 2.19. The van der Waals surface area contributed by atoms with Gasteiger partial charge in [-0.1, -0.05) is 6.92 Å². The normalized spacial score (nSPS) is 22.0. The van der Waals surface area contributed by atoms with Crippen LogP contribution in [0.3, 0.4) is 0 Å². The maximum absolute atomic E-state index is 4.27. The summed E-state index contributed by atoms with van der Waals surface area (Å²) in [4.78, 5) is 5.65. The lowest BCUT2D eigenvalue weighted by Crippen LogP contribution is -2.34. The number of rotatable bonds is 6. The van der Waals surface area contributed by atoms with E-state index in [0.29, 0.717) is 0 Å². The van der Waals surface area contributed by atoms with Gasteiger partial charge in [0.2, 0.25) is 0 Å². The SMILES string of the molecule is Cc1ncsc1CNCCC(C)C1CCCNC1. The summed E-state index contributed by atoms with van der Waals surface area (Å²) in [5.74, 6) is 1.71. The van der Waals surface area contributed by atoms with Crippen LogP contribution in [-0.2, 0) is 6.54 Å². The van der Waals surface area contributed by atoms with Crippen molar-refractivity contribution in [3.8, 4) is 0 Å². The van der Waals surface area contributed by atoms with Crippen molar-refractivity contribution in [2.45, 2.75) is 39.7 Å². The number of nitrogens with one attached hydrogen (secondary N) is 2. The third kappa shape index (κ3) is 4.04. The molecule has 1 aliphatic rings. The highest BCUT2D eigenvalue weighted by molar-refractivity contribution is 7.09. The Kier molecular flexibility index (Phi) is 5.60. The molecule has 1 aliphatic heterocycles. The molecule has 2 heterocycles. The predicted octanol–water partition coefficient (Wildman–Crippen LogP) is 2.57. The largest absolute Gasteiger partial charge is 0.316 e. The van der Waals surface area contributed by atoms with Gasteiger partial charge in [0.1, 0.15) is 0 Å². The number of hydrogen-bond donors (Lipinski definition) is 2. The fraction of sp³-hybridized carbons (Fsp3) is 0.786. The Morgan fingerprint density at radius 3 is 3.17 bits per heavy atom. The van der Waals surface area contributed by atoms with E-state index in [-0.39, 0.29) is 0 Å². The van der Waals surface area contributed by atoms with Crippen LogP contribution in [0.2, 0.25) is 0 Å². The van der Waals surface area contributed by atoms with Gasteiger partial charge in [0.05, 0.1) is 11.2 Å². The van der Waals surface area contributed by atoms with Gasteiger partial charge in [-0.3, -0.25) is 0 Å². The lowest BCUT2D eigenvalue weighted by atomic mass is 9.85. The molecule has 0 aliphatic carbocycles. The second kappa shape index (κ2) is 7.22. The number of thiazole rings is 1. The van der Waals surface area contributed by atoms with Crippen molar-refractivity contribution in [3.05, 3.63) is 16.1 Å². The van der Waals surface area contributed by atoms with Gasteiger partial charge in [0.25, 0.3) is 0 Å². The number of aryl methyl sites for hydroxylation is 1. The van der Waals surface area contributed by atoms with Crippen molar-refractivity contribution >= 4 is 11.3 Å². The molecule has 2 atom stereocenters. The fourth-order valence-corrected chi connectivity index (χ4v) is 3.37. The van der Waals surface area contributed by atoms with E-state index in [1.165, 1.54) is 42.9 Å². The molecule has 1 saturated heterocycles. The Labute approximate surface area is 114 Å². The summed E-state index contributed by atoms with van der Waals surface area (Å²) >= 11 is 1.75. The zero-order chi connectivity index (χ0) is 12.8. The topological polar surface area (TPSA) is 37.0 Å². The summed E-state index contributed by atoms with van der Waals surface area (Å²) in [6.07, 6.45) is 4.04. The first kappa shape index (κ1) is 14.0. The Bertz CT molecular complexity index is 345. The summed E-state index contributed by atoms with van der Waals surface area (Å²) in [7, 11) is 0. The molecule has 0 bridgehead atoms. The molecule has 1 fully saturated rings. The van der Waals surface area contributed by atoms with Crippen molar-refractivity contribution in [2.75, 3.05) is 19.6 Å². The van der Waals surface area contributed by atoms with Gasteiger partial charge in [0.15, 0.2) is 0 Å². The average Bonchev–Trinajstić information content (AvgIpc) is 2.81. The molecule has 1 aromatic rings. The third-order valence-electron chi connectivity index (χ3n) is 4.05. The first-order valence-corrected chi connectivity index (χ1v) is 7.95. The summed E-state index contributed by atoms with van der Waals surface area (Å²) in [5, 5.41) is 7.06. The second-order valence-corrected chi connectivity index (χ2v) is 6.35. The second-order valence-electron chi connectivity index (χ2n) is 5.41. The molecular weight excluding hydrogens is 242 g/mol. The van der Waals surface area contributed by atoms with Crippen molar-refractivity contribution in [3.63, 3.8) is 0 Å². The number of nitrogens with zero attached hydrogens (tertiary/aromatic N) is 1. The molecule has 1 aromatic heterocycles. The summed E-state index contributed by atoms with van der Waals surface area (Å²) in [6.45, 7) is 9.02. The van der Waals surface area contributed by atoms with Crippen LogP contribution in [0.1, 0.15) is 36.8 Å². The minimum Gasteiger partial charge on any atom is -0.316 e. The Balaban J connectivity index is 1.61. The highest BCUT2D eigenvalue weighted by Crippen LogP contribution is 2.22. The molecule has 0 radical (unpaired) electrons. The zero-order valence-corrected chi connectivity index (χ0v) is 12.4. The van der Waals surface area contributed by atoms with Gasteiger partial charge in [-0.25, -0.2) is 4.98 Å². The van der Waals surface area contributed by atoms with E-state index < -0.39 is 0 Å².